The Balaban J connectivity index is 2.22. The van der Waals surface area contributed by atoms with Gasteiger partial charge in [0.1, 0.15) is 0 Å². The molecule has 0 radical (unpaired) electrons. The molecule has 0 aromatic carbocycles. The average molecular weight is 271 g/mol. The minimum atomic E-state index is 0.145. The number of rotatable bonds is 7. The van der Waals surface area contributed by atoms with E-state index in [-0.39, 0.29) is 5.91 Å². The Kier molecular flexibility index (Phi) is 6.57. The maximum absolute atomic E-state index is 11.9. The van der Waals surface area contributed by atoms with E-state index in [1.54, 1.807) is 4.90 Å². The Morgan fingerprint density at radius 3 is 2.50 bits per heavy atom. The molecule has 1 rings (SSSR count). The molecule has 0 heterocycles. The summed E-state index contributed by atoms with van der Waals surface area (Å²) in [4.78, 5) is 16.3. The lowest BCUT2D eigenvalue weighted by Gasteiger charge is -2.23. The zero-order chi connectivity index (χ0) is 13.5. The van der Waals surface area contributed by atoms with Crippen LogP contribution in [-0.2, 0) is 4.79 Å². The molecule has 2 N–H and O–H groups in total. The van der Waals surface area contributed by atoms with Crippen LogP contribution in [0.1, 0.15) is 32.1 Å². The van der Waals surface area contributed by atoms with Crippen LogP contribution in [0.15, 0.2) is 0 Å². The van der Waals surface area contributed by atoms with Gasteiger partial charge in [0.25, 0.3) is 0 Å². The van der Waals surface area contributed by atoms with Gasteiger partial charge in [-0.3, -0.25) is 9.69 Å². The number of likely N-dealkylation sites (N-methyl/N-ethyl adjacent to an activating group) is 2. The lowest BCUT2D eigenvalue weighted by atomic mass is 10.1. The molecule has 0 aliphatic heterocycles. The van der Waals surface area contributed by atoms with Crippen molar-refractivity contribution in [2.75, 3.05) is 33.7 Å². The van der Waals surface area contributed by atoms with E-state index in [1.807, 2.05) is 14.1 Å². The number of carbonyl (C=O) groups excluding carboxylic acids is 1. The van der Waals surface area contributed by atoms with Gasteiger partial charge in [0, 0.05) is 26.6 Å². The lowest BCUT2D eigenvalue weighted by Crippen LogP contribution is -2.39. The quantitative estimate of drug-likeness (QED) is 0.708. The van der Waals surface area contributed by atoms with Gasteiger partial charge in [-0.05, 0) is 25.8 Å². The fourth-order valence-corrected chi connectivity index (χ4v) is 2.54. The first-order chi connectivity index (χ1) is 8.49. The second-order valence-corrected chi connectivity index (χ2v) is 5.90. The van der Waals surface area contributed by atoms with Crippen LogP contribution in [0.4, 0.5) is 0 Å². The van der Waals surface area contributed by atoms with Crippen LogP contribution in [0, 0.1) is 5.92 Å². The number of hydrogen-bond donors (Lipinski definition) is 1. The maximum Gasteiger partial charge on any atom is 0.236 e. The van der Waals surface area contributed by atoms with Crippen LogP contribution in [0.3, 0.4) is 0 Å². The van der Waals surface area contributed by atoms with Gasteiger partial charge in [-0.25, -0.2) is 0 Å². The summed E-state index contributed by atoms with van der Waals surface area (Å²) >= 11 is 4.81. The standard InChI is InChI=1S/C13H25N3OS/c1-15(9-11-5-3-4-6-11)10-13(17)16(2)8-7-12(14)18/h11H,3-10H2,1-2H3,(H2,14,18). The molecule has 5 heteroatoms. The van der Waals surface area contributed by atoms with Crippen LogP contribution >= 0.6 is 12.2 Å². The summed E-state index contributed by atoms with van der Waals surface area (Å²) < 4.78 is 0. The fourth-order valence-electron chi connectivity index (χ4n) is 2.45. The summed E-state index contributed by atoms with van der Waals surface area (Å²) in [6, 6.07) is 0. The van der Waals surface area contributed by atoms with E-state index in [0.717, 1.165) is 12.5 Å². The molecule has 0 aromatic rings. The molecule has 1 aliphatic carbocycles. The third kappa shape index (κ3) is 5.78. The summed E-state index contributed by atoms with van der Waals surface area (Å²) in [5.74, 6) is 0.927. The highest BCUT2D eigenvalue weighted by molar-refractivity contribution is 7.80. The van der Waals surface area contributed by atoms with Crippen LogP contribution in [0.2, 0.25) is 0 Å². The van der Waals surface area contributed by atoms with E-state index in [1.165, 1.54) is 25.7 Å². The molecule has 0 bridgehead atoms. The van der Waals surface area contributed by atoms with Gasteiger partial charge in [-0.2, -0.15) is 0 Å². The molecule has 0 saturated heterocycles. The van der Waals surface area contributed by atoms with E-state index in [9.17, 15) is 4.79 Å². The molecular formula is C13H25N3OS. The van der Waals surface area contributed by atoms with Crippen molar-refractivity contribution in [3.8, 4) is 0 Å². The van der Waals surface area contributed by atoms with E-state index < -0.39 is 0 Å². The monoisotopic (exact) mass is 271 g/mol. The van der Waals surface area contributed by atoms with Gasteiger partial charge in [-0.15, -0.1) is 0 Å². The summed E-state index contributed by atoms with van der Waals surface area (Å²) in [5.41, 5.74) is 5.43. The van der Waals surface area contributed by atoms with E-state index in [2.05, 4.69) is 4.90 Å². The summed E-state index contributed by atoms with van der Waals surface area (Å²) in [7, 11) is 3.83. The number of amides is 1. The van der Waals surface area contributed by atoms with Crippen molar-refractivity contribution in [2.24, 2.45) is 11.7 Å². The van der Waals surface area contributed by atoms with Gasteiger partial charge >= 0.3 is 0 Å². The minimum absolute atomic E-state index is 0.145. The summed E-state index contributed by atoms with van der Waals surface area (Å²) in [5, 5.41) is 0. The number of nitrogens with two attached hydrogens (primary N) is 1. The van der Waals surface area contributed by atoms with Gasteiger partial charge in [0.15, 0.2) is 0 Å². The smallest absolute Gasteiger partial charge is 0.236 e. The van der Waals surface area contributed by atoms with E-state index in [4.69, 9.17) is 18.0 Å². The third-order valence-corrected chi connectivity index (χ3v) is 3.77. The van der Waals surface area contributed by atoms with Crippen molar-refractivity contribution in [3.05, 3.63) is 0 Å². The second kappa shape index (κ2) is 7.69. The molecule has 4 nitrogen and oxygen atoms in total. The average Bonchev–Trinajstić information content (AvgIpc) is 2.78. The van der Waals surface area contributed by atoms with Crippen LogP contribution in [0.5, 0.6) is 0 Å². The van der Waals surface area contributed by atoms with Gasteiger partial charge in [0.05, 0.1) is 11.5 Å². The molecule has 104 valence electrons. The summed E-state index contributed by atoms with van der Waals surface area (Å²) in [6.45, 7) is 2.14. The molecular weight excluding hydrogens is 246 g/mol. The highest BCUT2D eigenvalue weighted by Crippen LogP contribution is 2.24. The van der Waals surface area contributed by atoms with Crippen molar-refractivity contribution in [3.63, 3.8) is 0 Å². The van der Waals surface area contributed by atoms with Crippen molar-refractivity contribution in [1.29, 1.82) is 0 Å². The van der Waals surface area contributed by atoms with Crippen LogP contribution in [0.25, 0.3) is 0 Å². The number of carbonyl (C=O) groups is 1. The van der Waals surface area contributed by atoms with Gasteiger partial charge < -0.3 is 10.6 Å². The number of thiocarbonyl (C=S) groups is 1. The normalized spacial score (nSPS) is 16.2. The maximum atomic E-state index is 11.9. The molecule has 0 atom stereocenters. The first-order valence-corrected chi connectivity index (χ1v) is 7.10. The van der Waals surface area contributed by atoms with Crippen LogP contribution < -0.4 is 5.73 Å². The predicted molar refractivity (Wildman–Crippen MR) is 78.5 cm³/mol. The number of nitrogens with zero attached hydrogens (tertiary/aromatic N) is 2. The molecule has 1 fully saturated rings. The topological polar surface area (TPSA) is 49.6 Å². The summed E-state index contributed by atoms with van der Waals surface area (Å²) in [6.07, 6.45) is 5.93. The zero-order valence-corrected chi connectivity index (χ0v) is 12.3. The minimum Gasteiger partial charge on any atom is -0.393 e. The SMILES string of the molecule is CN(CC(=O)N(C)CCC(N)=S)CC1CCCC1. The first kappa shape index (κ1) is 15.4. The largest absolute Gasteiger partial charge is 0.393 e. The van der Waals surface area contributed by atoms with Gasteiger partial charge in [-0.1, -0.05) is 25.1 Å². The van der Waals surface area contributed by atoms with E-state index >= 15 is 0 Å². The highest BCUT2D eigenvalue weighted by atomic mass is 32.1. The molecule has 18 heavy (non-hydrogen) atoms. The Morgan fingerprint density at radius 1 is 1.33 bits per heavy atom. The number of hydrogen-bond acceptors (Lipinski definition) is 3. The van der Waals surface area contributed by atoms with Crippen molar-refractivity contribution >= 4 is 23.1 Å². The Morgan fingerprint density at radius 2 is 1.94 bits per heavy atom. The molecule has 1 aliphatic rings. The second-order valence-electron chi connectivity index (χ2n) is 5.38. The molecule has 0 aromatic heterocycles. The fraction of sp³-hybridized carbons (Fsp3) is 0.846. The van der Waals surface area contributed by atoms with Crippen LogP contribution in [-0.4, -0.2) is 54.4 Å². The van der Waals surface area contributed by atoms with Crippen molar-refractivity contribution < 1.29 is 4.79 Å². The predicted octanol–water partition coefficient (Wildman–Crippen LogP) is 1.24. The Bertz CT molecular complexity index is 290. The highest BCUT2D eigenvalue weighted by Gasteiger charge is 2.19. The molecule has 1 saturated carbocycles. The van der Waals surface area contributed by atoms with E-state index in [0.29, 0.717) is 24.5 Å². The van der Waals surface area contributed by atoms with Gasteiger partial charge in [0.2, 0.25) is 5.91 Å². The lowest BCUT2D eigenvalue weighted by molar-refractivity contribution is -0.130. The molecule has 0 unspecified atom stereocenters. The molecule has 0 spiro atoms. The van der Waals surface area contributed by atoms with Crippen molar-refractivity contribution in [1.82, 2.24) is 9.80 Å². The first-order valence-electron chi connectivity index (χ1n) is 6.70. The Hall–Kier alpha value is -0.680. The molecule has 1 amide bonds. The zero-order valence-electron chi connectivity index (χ0n) is 11.5. The Labute approximate surface area is 115 Å². The third-order valence-electron chi connectivity index (χ3n) is 3.57. The van der Waals surface area contributed by atoms with Crippen molar-refractivity contribution in [2.45, 2.75) is 32.1 Å².